The minimum atomic E-state index is -0.324. The fourth-order valence-corrected chi connectivity index (χ4v) is 2.54. The van der Waals surface area contributed by atoms with Crippen LogP contribution in [0.2, 0.25) is 0 Å². The summed E-state index contributed by atoms with van der Waals surface area (Å²) in [7, 11) is 2.90. The fraction of sp³-hybridized carbons (Fsp3) is 0.111. The molecule has 3 aromatic rings. The van der Waals surface area contributed by atoms with Crippen molar-refractivity contribution < 1.29 is 23.8 Å². The summed E-state index contributed by atoms with van der Waals surface area (Å²) in [4.78, 5) is 24.3. The van der Waals surface area contributed by atoms with E-state index in [1.165, 1.54) is 38.7 Å². The average molecular weight is 326 g/mol. The fourth-order valence-electron chi connectivity index (χ4n) is 2.54. The lowest BCUT2D eigenvalue weighted by Gasteiger charge is -2.12. The first-order valence-electron chi connectivity index (χ1n) is 7.05. The van der Waals surface area contributed by atoms with Crippen LogP contribution in [0.25, 0.3) is 22.1 Å². The molecule has 0 aliphatic carbocycles. The maximum absolute atomic E-state index is 12.8. The highest BCUT2D eigenvalue weighted by atomic mass is 16.5. The van der Waals surface area contributed by atoms with E-state index < -0.39 is 0 Å². The Hall–Kier alpha value is -3.28. The van der Waals surface area contributed by atoms with Crippen molar-refractivity contribution in [2.24, 2.45) is 0 Å². The van der Waals surface area contributed by atoms with Crippen LogP contribution in [0.5, 0.6) is 17.2 Å². The van der Waals surface area contributed by atoms with Crippen molar-refractivity contribution in [3.05, 3.63) is 52.4 Å². The zero-order valence-corrected chi connectivity index (χ0v) is 13.0. The Morgan fingerprint density at radius 3 is 2.54 bits per heavy atom. The normalized spacial score (nSPS) is 10.6. The topological polar surface area (TPSA) is 86.0 Å². The third kappa shape index (κ3) is 2.48. The molecule has 1 aromatic heterocycles. The van der Waals surface area contributed by atoms with Gasteiger partial charge < -0.3 is 19.0 Å². The Morgan fingerprint density at radius 1 is 1.08 bits per heavy atom. The molecule has 24 heavy (non-hydrogen) atoms. The highest BCUT2D eigenvalue weighted by Crippen LogP contribution is 2.34. The number of aromatic hydroxyl groups is 1. The lowest BCUT2D eigenvalue weighted by atomic mass is 9.99. The van der Waals surface area contributed by atoms with Gasteiger partial charge in [0, 0.05) is 17.7 Å². The Bertz CT molecular complexity index is 987. The summed E-state index contributed by atoms with van der Waals surface area (Å²) in [6.07, 6.45) is 1.87. The number of hydrogen-bond acceptors (Lipinski definition) is 6. The lowest BCUT2D eigenvalue weighted by molar-refractivity contribution is 0.112. The number of rotatable bonds is 4. The molecule has 0 aliphatic heterocycles. The standard InChI is InChI=1S/C18H14O6/c1-22-11-6-13(14(8-19)16(7-11)23-2)15-9-24-17-5-10(20)3-4-12(17)18(15)21/h3-9,20H,1-2H3. The van der Waals surface area contributed by atoms with Gasteiger partial charge >= 0.3 is 0 Å². The predicted octanol–water partition coefficient (Wildman–Crippen LogP) is 3.00. The molecule has 0 atom stereocenters. The number of hydrogen-bond donors (Lipinski definition) is 1. The van der Waals surface area contributed by atoms with Gasteiger partial charge in [-0.25, -0.2) is 0 Å². The van der Waals surface area contributed by atoms with Crippen LogP contribution in [0, 0.1) is 0 Å². The molecule has 0 saturated carbocycles. The van der Waals surface area contributed by atoms with Gasteiger partial charge in [0.2, 0.25) is 5.43 Å². The maximum atomic E-state index is 12.8. The third-order valence-electron chi connectivity index (χ3n) is 3.74. The van der Waals surface area contributed by atoms with Gasteiger partial charge in [-0.3, -0.25) is 9.59 Å². The van der Waals surface area contributed by atoms with E-state index in [-0.39, 0.29) is 27.9 Å². The van der Waals surface area contributed by atoms with Crippen LogP contribution < -0.4 is 14.9 Å². The van der Waals surface area contributed by atoms with Crippen LogP contribution in [0.1, 0.15) is 10.4 Å². The van der Waals surface area contributed by atoms with Crippen molar-refractivity contribution in [1.82, 2.24) is 0 Å². The SMILES string of the molecule is COc1cc(OC)c(C=O)c(-c2coc3cc(O)ccc3c2=O)c1. The minimum Gasteiger partial charge on any atom is -0.508 e. The largest absolute Gasteiger partial charge is 0.508 e. The van der Waals surface area contributed by atoms with Crippen LogP contribution in [0.4, 0.5) is 0 Å². The van der Waals surface area contributed by atoms with Crippen molar-refractivity contribution in [2.45, 2.75) is 0 Å². The molecule has 1 heterocycles. The molecule has 2 aromatic carbocycles. The van der Waals surface area contributed by atoms with Crippen LogP contribution >= 0.6 is 0 Å². The summed E-state index contributed by atoms with van der Waals surface area (Å²) in [5.74, 6) is 0.734. The van der Waals surface area contributed by atoms with Gasteiger partial charge in [0.25, 0.3) is 0 Å². The first-order valence-corrected chi connectivity index (χ1v) is 7.05. The molecule has 6 nitrogen and oxygen atoms in total. The number of carbonyl (C=O) groups is 1. The van der Waals surface area contributed by atoms with Gasteiger partial charge in [-0.15, -0.1) is 0 Å². The molecular weight excluding hydrogens is 312 g/mol. The Kier molecular flexibility index (Phi) is 3.95. The molecule has 0 unspecified atom stereocenters. The van der Waals surface area contributed by atoms with Crippen LogP contribution in [-0.2, 0) is 0 Å². The summed E-state index contributed by atoms with van der Waals surface area (Å²) in [5, 5.41) is 9.78. The molecule has 0 saturated heterocycles. The molecule has 0 bridgehead atoms. The van der Waals surface area contributed by atoms with E-state index in [1.807, 2.05) is 0 Å². The Balaban J connectivity index is 2.35. The van der Waals surface area contributed by atoms with Gasteiger partial charge in [-0.2, -0.15) is 0 Å². The van der Waals surface area contributed by atoms with Crippen molar-refractivity contribution in [2.75, 3.05) is 14.2 Å². The Labute approximate surface area is 136 Å². The van der Waals surface area contributed by atoms with E-state index in [2.05, 4.69) is 0 Å². The van der Waals surface area contributed by atoms with E-state index in [9.17, 15) is 14.7 Å². The van der Waals surface area contributed by atoms with Crippen molar-refractivity contribution in [3.63, 3.8) is 0 Å². The van der Waals surface area contributed by atoms with Gasteiger partial charge in [0.05, 0.1) is 30.7 Å². The molecule has 6 heteroatoms. The minimum absolute atomic E-state index is 0.00460. The maximum Gasteiger partial charge on any atom is 0.200 e. The number of aldehydes is 1. The first-order chi connectivity index (χ1) is 11.6. The molecule has 0 aliphatic rings. The molecule has 0 radical (unpaired) electrons. The smallest absolute Gasteiger partial charge is 0.200 e. The molecule has 1 N–H and O–H groups in total. The number of phenols is 1. The van der Waals surface area contributed by atoms with E-state index in [0.717, 1.165) is 0 Å². The molecule has 122 valence electrons. The van der Waals surface area contributed by atoms with Crippen LogP contribution in [0.15, 0.2) is 45.8 Å². The highest BCUT2D eigenvalue weighted by Gasteiger charge is 2.18. The number of ether oxygens (including phenoxy) is 2. The molecule has 0 fully saturated rings. The second-order valence-electron chi connectivity index (χ2n) is 5.07. The number of methoxy groups -OCH3 is 2. The monoisotopic (exact) mass is 326 g/mol. The summed E-state index contributed by atoms with van der Waals surface area (Å²) in [6, 6.07) is 7.36. The summed E-state index contributed by atoms with van der Waals surface area (Å²) >= 11 is 0. The molecule has 0 amide bonds. The first kappa shape index (κ1) is 15.6. The van der Waals surface area contributed by atoms with E-state index in [4.69, 9.17) is 13.9 Å². The van der Waals surface area contributed by atoms with Crippen molar-refractivity contribution in [1.29, 1.82) is 0 Å². The molecule has 0 spiro atoms. The van der Waals surface area contributed by atoms with Gasteiger partial charge in [0.15, 0.2) is 6.29 Å². The predicted molar refractivity (Wildman–Crippen MR) is 88.1 cm³/mol. The number of benzene rings is 2. The van der Waals surface area contributed by atoms with Gasteiger partial charge in [0.1, 0.15) is 29.1 Å². The van der Waals surface area contributed by atoms with Gasteiger partial charge in [-0.05, 0) is 18.2 Å². The van der Waals surface area contributed by atoms with Crippen molar-refractivity contribution >= 4 is 17.3 Å². The number of phenolic OH excluding ortho intramolecular Hbond substituents is 1. The zero-order chi connectivity index (χ0) is 17.3. The van der Waals surface area contributed by atoms with Crippen LogP contribution in [0.3, 0.4) is 0 Å². The zero-order valence-electron chi connectivity index (χ0n) is 13.0. The Morgan fingerprint density at radius 2 is 1.88 bits per heavy atom. The molecular formula is C18H14O6. The molecule has 3 rings (SSSR count). The highest BCUT2D eigenvalue weighted by molar-refractivity contribution is 5.93. The van der Waals surface area contributed by atoms with E-state index in [0.29, 0.717) is 28.7 Å². The lowest BCUT2D eigenvalue weighted by Crippen LogP contribution is -2.07. The van der Waals surface area contributed by atoms with E-state index >= 15 is 0 Å². The number of fused-ring (bicyclic) bond motifs is 1. The summed E-state index contributed by atoms with van der Waals surface area (Å²) in [5.41, 5.74) is 0.710. The summed E-state index contributed by atoms with van der Waals surface area (Å²) < 4.78 is 15.9. The second-order valence-corrected chi connectivity index (χ2v) is 5.07. The van der Waals surface area contributed by atoms with Crippen LogP contribution in [-0.4, -0.2) is 25.6 Å². The third-order valence-corrected chi connectivity index (χ3v) is 3.74. The van der Waals surface area contributed by atoms with Gasteiger partial charge in [-0.1, -0.05) is 0 Å². The van der Waals surface area contributed by atoms with Crippen molar-refractivity contribution in [3.8, 4) is 28.4 Å². The average Bonchev–Trinajstić information content (AvgIpc) is 2.60. The summed E-state index contributed by atoms with van der Waals surface area (Å²) in [6.45, 7) is 0. The van der Waals surface area contributed by atoms with E-state index in [1.54, 1.807) is 12.1 Å². The quantitative estimate of drug-likeness (QED) is 0.742. The number of carbonyl (C=O) groups excluding carboxylic acids is 1. The second kappa shape index (κ2) is 6.08.